The largest absolute Gasteiger partial charge is 0.507 e. The van der Waals surface area contributed by atoms with Crippen molar-refractivity contribution in [1.82, 2.24) is 15.1 Å². The molecule has 7 nitrogen and oxygen atoms in total. The standard InChI is InChI=1S/C30H29ClFN3O4/c1-3-4-5-14-39-24-13-8-19(15-25(24)38-2)29-26-27(22-16-20(31)9-12-23(22)36)33-34-28(26)30(37)35(29)17-18-6-10-21(32)11-7-18/h6-13,15-16,29,36H,3-5,14,17H2,1-2H3,(H,33,34). The third kappa shape index (κ3) is 5.29. The normalized spacial score (nSPS) is 14.5. The van der Waals surface area contributed by atoms with Gasteiger partial charge in [0, 0.05) is 22.7 Å². The fourth-order valence-corrected chi connectivity index (χ4v) is 5.08. The number of amides is 1. The van der Waals surface area contributed by atoms with Gasteiger partial charge in [-0.05, 0) is 60.0 Å². The fraction of sp³-hybridized carbons (Fsp3) is 0.267. The highest BCUT2D eigenvalue weighted by Crippen LogP contribution is 2.46. The molecule has 0 saturated carbocycles. The first-order valence-corrected chi connectivity index (χ1v) is 13.2. The maximum atomic E-state index is 13.7. The number of fused-ring (bicyclic) bond motifs is 1. The van der Waals surface area contributed by atoms with E-state index in [9.17, 15) is 14.3 Å². The van der Waals surface area contributed by atoms with Crippen molar-refractivity contribution in [3.05, 3.63) is 93.9 Å². The number of phenols is 1. The molecule has 1 aliphatic heterocycles. The molecule has 0 radical (unpaired) electrons. The van der Waals surface area contributed by atoms with Gasteiger partial charge in [0.2, 0.25) is 0 Å². The number of halogens is 2. The van der Waals surface area contributed by atoms with E-state index in [0.717, 1.165) is 30.4 Å². The van der Waals surface area contributed by atoms with Gasteiger partial charge in [-0.1, -0.05) is 49.6 Å². The van der Waals surface area contributed by atoms with Crippen molar-refractivity contribution >= 4 is 17.5 Å². The van der Waals surface area contributed by atoms with Crippen LogP contribution in [0.25, 0.3) is 11.3 Å². The van der Waals surface area contributed by atoms with Crippen molar-refractivity contribution in [3.8, 4) is 28.5 Å². The highest BCUT2D eigenvalue weighted by molar-refractivity contribution is 6.31. The minimum Gasteiger partial charge on any atom is -0.507 e. The van der Waals surface area contributed by atoms with Crippen molar-refractivity contribution < 1.29 is 23.8 Å². The number of hydrogen-bond donors (Lipinski definition) is 2. The predicted molar refractivity (Wildman–Crippen MR) is 147 cm³/mol. The van der Waals surface area contributed by atoms with Crippen molar-refractivity contribution in [2.45, 2.75) is 38.8 Å². The van der Waals surface area contributed by atoms with E-state index < -0.39 is 6.04 Å². The molecule has 9 heteroatoms. The second-order valence-corrected chi connectivity index (χ2v) is 9.89. The molecule has 0 spiro atoms. The Kier molecular flexibility index (Phi) is 7.74. The lowest BCUT2D eigenvalue weighted by Gasteiger charge is -2.27. The zero-order valence-corrected chi connectivity index (χ0v) is 22.5. The molecule has 5 rings (SSSR count). The smallest absolute Gasteiger partial charge is 0.273 e. The summed E-state index contributed by atoms with van der Waals surface area (Å²) in [6.45, 7) is 2.94. The summed E-state index contributed by atoms with van der Waals surface area (Å²) in [4.78, 5) is 15.4. The van der Waals surface area contributed by atoms with Gasteiger partial charge in [-0.2, -0.15) is 5.10 Å². The van der Waals surface area contributed by atoms with Crippen LogP contribution in [0.15, 0.2) is 60.7 Å². The number of nitrogens with one attached hydrogen (secondary N) is 1. The Morgan fingerprint density at radius 1 is 1.08 bits per heavy atom. The maximum Gasteiger partial charge on any atom is 0.273 e. The molecule has 0 bridgehead atoms. The number of H-pyrrole nitrogens is 1. The lowest BCUT2D eigenvalue weighted by molar-refractivity contribution is 0.0730. The van der Waals surface area contributed by atoms with Crippen LogP contribution in [0, 0.1) is 5.82 Å². The fourth-order valence-electron chi connectivity index (χ4n) is 4.90. The van der Waals surface area contributed by atoms with Crippen LogP contribution >= 0.6 is 11.6 Å². The number of nitrogens with zero attached hydrogens (tertiary/aromatic N) is 2. The van der Waals surface area contributed by atoms with Crippen molar-refractivity contribution in [2.24, 2.45) is 0 Å². The Morgan fingerprint density at radius 2 is 1.87 bits per heavy atom. The van der Waals surface area contributed by atoms with Gasteiger partial charge in [0.1, 0.15) is 23.0 Å². The lowest BCUT2D eigenvalue weighted by atomic mass is 9.95. The van der Waals surface area contributed by atoms with E-state index in [2.05, 4.69) is 17.1 Å². The second kappa shape index (κ2) is 11.4. The first-order valence-electron chi connectivity index (χ1n) is 12.8. The topological polar surface area (TPSA) is 87.7 Å². The molecule has 1 aliphatic rings. The highest BCUT2D eigenvalue weighted by atomic mass is 35.5. The summed E-state index contributed by atoms with van der Waals surface area (Å²) < 4.78 is 25.2. The van der Waals surface area contributed by atoms with Crippen molar-refractivity contribution in [2.75, 3.05) is 13.7 Å². The summed E-state index contributed by atoms with van der Waals surface area (Å²) in [5.74, 6) is 0.536. The Morgan fingerprint density at radius 3 is 2.62 bits per heavy atom. The van der Waals surface area contributed by atoms with Crippen LogP contribution in [0.2, 0.25) is 5.02 Å². The number of ether oxygens (including phenoxy) is 2. The molecule has 1 aromatic heterocycles. The molecule has 1 unspecified atom stereocenters. The number of carbonyl (C=O) groups excluding carboxylic acids is 1. The summed E-state index contributed by atoms with van der Waals surface area (Å²) in [6, 6.07) is 15.8. The van der Waals surface area contributed by atoms with E-state index in [1.807, 2.05) is 18.2 Å². The number of phenolic OH excluding ortho intramolecular Hbond substituents is 1. The minimum atomic E-state index is -0.576. The van der Waals surface area contributed by atoms with E-state index in [4.69, 9.17) is 21.1 Å². The molecule has 0 aliphatic carbocycles. The third-order valence-corrected chi connectivity index (χ3v) is 7.09. The zero-order valence-electron chi connectivity index (χ0n) is 21.7. The number of benzene rings is 3. The molecule has 2 heterocycles. The van der Waals surface area contributed by atoms with E-state index >= 15 is 0 Å². The average Bonchev–Trinajstić information content (AvgIpc) is 3.48. The Bertz CT molecular complexity index is 1490. The second-order valence-electron chi connectivity index (χ2n) is 9.45. The first-order chi connectivity index (χ1) is 18.9. The molecule has 1 atom stereocenters. The van der Waals surface area contributed by atoms with Crippen molar-refractivity contribution in [3.63, 3.8) is 0 Å². The van der Waals surface area contributed by atoms with Crippen LogP contribution in [0.4, 0.5) is 4.39 Å². The number of rotatable bonds is 10. The monoisotopic (exact) mass is 549 g/mol. The third-order valence-electron chi connectivity index (χ3n) is 6.85. The number of unbranched alkanes of at least 4 members (excludes halogenated alkanes) is 2. The van der Waals surface area contributed by atoms with E-state index in [1.165, 1.54) is 18.2 Å². The molecule has 39 heavy (non-hydrogen) atoms. The lowest BCUT2D eigenvalue weighted by Crippen LogP contribution is -2.29. The maximum absolute atomic E-state index is 13.7. The number of carbonyl (C=O) groups is 1. The number of aromatic nitrogens is 2. The SMILES string of the molecule is CCCCCOc1ccc(C2c3c(-c4cc(Cl)ccc4O)n[nH]c3C(=O)N2Cc2ccc(F)cc2)cc1OC. The van der Waals surface area contributed by atoms with Crippen LogP contribution in [0.1, 0.15) is 59.4 Å². The highest BCUT2D eigenvalue weighted by Gasteiger charge is 2.43. The molecule has 4 aromatic rings. The van der Waals surface area contributed by atoms with E-state index in [0.29, 0.717) is 45.6 Å². The van der Waals surface area contributed by atoms with Gasteiger partial charge in [0.05, 0.1) is 19.8 Å². The van der Waals surface area contributed by atoms with Crippen LogP contribution in [-0.2, 0) is 6.54 Å². The van der Waals surface area contributed by atoms with Gasteiger partial charge in [0.25, 0.3) is 5.91 Å². The minimum absolute atomic E-state index is 0.00899. The van der Waals surface area contributed by atoms with Crippen LogP contribution in [0.3, 0.4) is 0 Å². The molecule has 0 saturated heterocycles. The van der Waals surface area contributed by atoms with E-state index in [-0.39, 0.29) is 24.0 Å². The van der Waals surface area contributed by atoms with Gasteiger partial charge in [-0.15, -0.1) is 0 Å². The summed E-state index contributed by atoms with van der Waals surface area (Å²) >= 11 is 6.25. The predicted octanol–water partition coefficient (Wildman–Crippen LogP) is 6.90. The van der Waals surface area contributed by atoms with Gasteiger partial charge in [-0.25, -0.2) is 4.39 Å². The quantitative estimate of drug-likeness (QED) is 0.210. The first kappa shape index (κ1) is 26.6. The Balaban J connectivity index is 1.60. The van der Waals surface area contributed by atoms with Gasteiger partial charge < -0.3 is 19.5 Å². The van der Waals surface area contributed by atoms with Gasteiger partial charge >= 0.3 is 0 Å². The van der Waals surface area contributed by atoms with Crippen LogP contribution in [-0.4, -0.2) is 39.8 Å². The van der Waals surface area contributed by atoms with Gasteiger partial charge in [-0.3, -0.25) is 9.89 Å². The summed E-state index contributed by atoms with van der Waals surface area (Å²) in [5.41, 5.74) is 3.29. The van der Waals surface area contributed by atoms with E-state index in [1.54, 1.807) is 36.3 Å². The summed E-state index contributed by atoms with van der Waals surface area (Å²) in [7, 11) is 1.58. The molecule has 3 aromatic carbocycles. The Hall–Kier alpha value is -4.04. The number of methoxy groups -OCH3 is 1. The Labute approximate surface area is 231 Å². The molecule has 0 fully saturated rings. The van der Waals surface area contributed by atoms with Gasteiger partial charge in [0.15, 0.2) is 11.5 Å². The number of aromatic hydroxyl groups is 1. The average molecular weight is 550 g/mol. The number of aromatic amines is 1. The van der Waals surface area contributed by atoms with Crippen LogP contribution < -0.4 is 9.47 Å². The number of hydrogen-bond acceptors (Lipinski definition) is 5. The molecular formula is C30H29ClFN3O4. The summed E-state index contributed by atoms with van der Waals surface area (Å²) in [6.07, 6.45) is 3.11. The molecule has 202 valence electrons. The summed E-state index contributed by atoms with van der Waals surface area (Å²) in [5, 5.41) is 18.4. The molecule has 2 N–H and O–H groups in total. The molecular weight excluding hydrogens is 521 g/mol. The molecule has 1 amide bonds. The van der Waals surface area contributed by atoms with Crippen molar-refractivity contribution in [1.29, 1.82) is 0 Å². The zero-order chi connectivity index (χ0) is 27.5. The van der Waals surface area contributed by atoms with Crippen LogP contribution in [0.5, 0.6) is 17.2 Å².